The highest BCUT2D eigenvalue weighted by Crippen LogP contribution is 2.39. The molecular weight excluding hydrogens is 402 g/mol. The second kappa shape index (κ2) is 8.30. The van der Waals surface area contributed by atoms with Crippen molar-refractivity contribution in [2.45, 2.75) is 19.9 Å². The minimum absolute atomic E-state index is 0.137. The Morgan fingerprint density at radius 3 is 2.47 bits per heavy atom. The third-order valence-electron chi connectivity index (χ3n) is 5.80. The second-order valence-corrected chi connectivity index (χ2v) is 7.73. The minimum Gasteiger partial charge on any atom is -0.494 e. The highest BCUT2D eigenvalue weighted by molar-refractivity contribution is 6.36. The van der Waals surface area contributed by atoms with E-state index in [1.807, 2.05) is 72.5 Å². The molecule has 2 aliphatic rings. The number of para-hydroxylation sites is 1. The summed E-state index contributed by atoms with van der Waals surface area (Å²) in [7, 11) is 0. The van der Waals surface area contributed by atoms with E-state index in [0.717, 1.165) is 17.9 Å². The largest absolute Gasteiger partial charge is 0.494 e. The molecule has 0 saturated heterocycles. The minimum atomic E-state index is -0.302. The van der Waals surface area contributed by atoms with E-state index in [9.17, 15) is 9.59 Å². The zero-order chi connectivity index (χ0) is 22.1. The lowest BCUT2D eigenvalue weighted by molar-refractivity contribution is -0.137. The summed E-state index contributed by atoms with van der Waals surface area (Å²) in [6.45, 7) is 3.28. The Balaban J connectivity index is 1.59. The third kappa shape index (κ3) is 3.43. The molecule has 0 saturated carbocycles. The van der Waals surface area contributed by atoms with E-state index < -0.39 is 0 Å². The Morgan fingerprint density at radius 2 is 1.72 bits per heavy atom. The van der Waals surface area contributed by atoms with Crippen LogP contribution in [0.3, 0.4) is 0 Å². The number of carbonyl (C=O) groups is 2. The number of ether oxygens (including phenoxy) is 1. The van der Waals surface area contributed by atoms with Crippen LogP contribution < -0.4 is 9.64 Å². The molecule has 0 atom stereocenters. The van der Waals surface area contributed by atoms with Gasteiger partial charge in [-0.15, -0.1) is 0 Å². The van der Waals surface area contributed by atoms with Gasteiger partial charge in [0.2, 0.25) is 0 Å². The molecule has 5 rings (SSSR count). The summed E-state index contributed by atoms with van der Waals surface area (Å²) in [6.07, 6.45) is 2.50. The molecule has 1 aromatic heterocycles. The standard InChI is InChI=1S/C26H23N3O3/c1-2-32-21-12-10-19(11-13-21)23-24(28-16-14-18-7-3-4-9-22(18)28)26(31)29(25(23)30)17-20-8-5-6-15-27-20/h3-13,15H,2,14,16-17H2,1H3. The van der Waals surface area contributed by atoms with Crippen molar-refractivity contribution in [1.29, 1.82) is 0 Å². The Labute approximate surface area is 186 Å². The number of benzene rings is 2. The van der Waals surface area contributed by atoms with Crippen molar-refractivity contribution in [3.05, 3.63) is 95.4 Å². The number of imide groups is 1. The van der Waals surface area contributed by atoms with Crippen molar-refractivity contribution < 1.29 is 14.3 Å². The summed E-state index contributed by atoms with van der Waals surface area (Å²) in [6, 6.07) is 20.9. The van der Waals surface area contributed by atoms with Crippen molar-refractivity contribution >= 4 is 23.1 Å². The summed E-state index contributed by atoms with van der Waals surface area (Å²) < 4.78 is 5.55. The molecular formula is C26H23N3O3. The van der Waals surface area contributed by atoms with E-state index in [1.165, 1.54) is 10.5 Å². The molecule has 2 aromatic carbocycles. The quantitative estimate of drug-likeness (QED) is 0.562. The molecule has 0 bridgehead atoms. The average molecular weight is 425 g/mol. The maximum atomic E-state index is 13.6. The van der Waals surface area contributed by atoms with Crippen molar-refractivity contribution in [3.63, 3.8) is 0 Å². The van der Waals surface area contributed by atoms with Crippen LogP contribution in [0.4, 0.5) is 5.69 Å². The first-order chi connectivity index (χ1) is 15.7. The van der Waals surface area contributed by atoms with E-state index in [2.05, 4.69) is 11.1 Å². The number of aromatic nitrogens is 1. The summed E-state index contributed by atoms with van der Waals surface area (Å²) in [5.41, 5.74) is 4.38. The number of nitrogens with zero attached hydrogens (tertiary/aromatic N) is 3. The van der Waals surface area contributed by atoms with Crippen molar-refractivity contribution in [2.24, 2.45) is 0 Å². The summed E-state index contributed by atoms with van der Waals surface area (Å²) in [4.78, 5) is 34.8. The number of carbonyl (C=O) groups excluding carboxylic acids is 2. The zero-order valence-corrected chi connectivity index (χ0v) is 17.8. The van der Waals surface area contributed by atoms with E-state index in [1.54, 1.807) is 6.20 Å². The van der Waals surface area contributed by atoms with Crippen LogP contribution in [0.5, 0.6) is 5.75 Å². The number of fused-ring (bicyclic) bond motifs is 1. The van der Waals surface area contributed by atoms with Gasteiger partial charge in [0, 0.05) is 18.4 Å². The molecule has 0 fully saturated rings. The molecule has 2 amide bonds. The number of rotatable bonds is 6. The fourth-order valence-electron chi connectivity index (χ4n) is 4.33. The lowest BCUT2D eigenvalue weighted by atomic mass is 10.0. The normalized spacial score (nSPS) is 15.5. The van der Waals surface area contributed by atoms with Gasteiger partial charge in [-0.05, 0) is 54.8 Å². The van der Waals surface area contributed by atoms with E-state index >= 15 is 0 Å². The van der Waals surface area contributed by atoms with Crippen molar-refractivity contribution in [1.82, 2.24) is 9.88 Å². The number of hydrogen-bond donors (Lipinski definition) is 0. The van der Waals surface area contributed by atoms with Crippen molar-refractivity contribution in [2.75, 3.05) is 18.1 Å². The molecule has 3 aromatic rings. The monoisotopic (exact) mass is 425 g/mol. The molecule has 160 valence electrons. The summed E-state index contributed by atoms with van der Waals surface area (Å²) in [5, 5.41) is 0. The molecule has 0 aliphatic carbocycles. The van der Waals surface area contributed by atoms with Crippen LogP contribution in [0.15, 0.2) is 78.6 Å². The first kappa shape index (κ1) is 20.0. The summed E-state index contributed by atoms with van der Waals surface area (Å²) >= 11 is 0. The van der Waals surface area contributed by atoms with Crippen LogP contribution in [-0.2, 0) is 22.6 Å². The van der Waals surface area contributed by atoms with Gasteiger partial charge in [0.05, 0.1) is 24.4 Å². The molecule has 0 N–H and O–H groups in total. The first-order valence-electron chi connectivity index (χ1n) is 10.8. The van der Waals surface area contributed by atoms with Crippen molar-refractivity contribution in [3.8, 4) is 5.75 Å². The fourth-order valence-corrected chi connectivity index (χ4v) is 4.33. The zero-order valence-electron chi connectivity index (χ0n) is 17.8. The Bertz CT molecular complexity index is 1200. The maximum absolute atomic E-state index is 13.6. The van der Waals surface area contributed by atoms with Crippen LogP contribution in [0.25, 0.3) is 5.57 Å². The maximum Gasteiger partial charge on any atom is 0.278 e. The second-order valence-electron chi connectivity index (χ2n) is 7.73. The molecule has 6 nitrogen and oxygen atoms in total. The highest BCUT2D eigenvalue weighted by Gasteiger charge is 2.43. The fraction of sp³-hybridized carbons (Fsp3) is 0.192. The first-order valence-corrected chi connectivity index (χ1v) is 10.8. The van der Waals surface area contributed by atoms with Crippen LogP contribution in [-0.4, -0.2) is 34.8 Å². The van der Waals surface area contributed by atoms with Gasteiger partial charge >= 0.3 is 0 Å². The van der Waals surface area contributed by atoms with Crippen LogP contribution >= 0.6 is 0 Å². The average Bonchev–Trinajstić information content (AvgIpc) is 3.35. The van der Waals surface area contributed by atoms with Crippen LogP contribution in [0, 0.1) is 0 Å². The molecule has 32 heavy (non-hydrogen) atoms. The van der Waals surface area contributed by atoms with Crippen LogP contribution in [0.1, 0.15) is 23.7 Å². The van der Waals surface area contributed by atoms with E-state index in [0.29, 0.717) is 35.7 Å². The van der Waals surface area contributed by atoms with Gasteiger partial charge in [-0.1, -0.05) is 36.4 Å². The van der Waals surface area contributed by atoms with Gasteiger partial charge in [0.25, 0.3) is 11.8 Å². The number of pyridine rings is 1. The lowest BCUT2D eigenvalue weighted by Gasteiger charge is -2.21. The van der Waals surface area contributed by atoms with E-state index in [-0.39, 0.29) is 18.4 Å². The number of amides is 2. The molecule has 2 aliphatic heterocycles. The van der Waals surface area contributed by atoms with E-state index in [4.69, 9.17) is 4.74 Å². The predicted octanol–water partition coefficient (Wildman–Crippen LogP) is 3.82. The highest BCUT2D eigenvalue weighted by atomic mass is 16.5. The molecule has 0 radical (unpaired) electrons. The van der Waals surface area contributed by atoms with Gasteiger partial charge in [0.1, 0.15) is 11.4 Å². The van der Waals surface area contributed by atoms with Gasteiger partial charge in [-0.3, -0.25) is 19.5 Å². The molecule has 6 heteroatoms. The third-order valence-corrected chi connectivity index (χ3v) is 5.80. The van der Waals surface area contributed by atoms with Gasteiger partial charge in [0.15, 0.2) is 0 Å². The van der Waals surface area contributed by atoms with Crippen LogP contribution in [0.2, 0.25) is 0 Å². The molecule has 3 heterocycles. The van der Waals surface area contributed by atoms with Gasteiger partial charge in [-0.2, -0.15) is 0 Å². The Hall–Kier alpha value is -3.93. The Kier molecular flexibility index (Phi) is 5.19. The number of anilines is 1. The Morgan fingerprint density at radius 1 is 0.938 bits per heavy atom. The molecule has 0 unspecified atom stereocenters. The lowest BCUT2D eigenvalue weighted by Crippen LogP contribution is -2.34. The number of hydrogen-bond acceptors (Lipinski definition) is 5. The predicted molar refractivity (Wildman–Crippen MR) is 122 cm³/mol. The van der Waals surface area contributed by atoms with Gasteiger partial charge < -0.3 is 9.64 Å². The van der Waals surface area contributed by atoms with Gasteiger partial charge in [-0.25, -0.2) is 0 Å². The topological polar surface area (TPSA) is 62.7 Å². The molecule has 0 spiro atoms. The summed E-state index contributed by atoms with van der Waals surface area (Å²) in [5.74, 6) is 0.137. The SMILES string of the molecule is CCOc1ccc(C2=C(N3CCc4ccccc43)C(=O)N(Cc3ccccn3)C2=O)cc1. The smallest absolute Gasteiger partial charge is 0.278 e.